The number of rotatable bonds is 10. The van der Waals surface area contributed by atoms with Crippen LogP contribution in [0.2, 0.25) is 0 Å². The highest BCUT2D eigenvalue weighted by Crippen LogP contribution is 2.34. The van der Waals surface area contributed by atoms with Gasteiger partial charge < -0.3 is 23.7 Å². The predicted molar refractivity (Wildman–Crippen MR) is 106 cm³/mol. The van der Waals surface area contributed by atoms with Gasteiger partial charge in [-0.15, -0.1) is 11.8 Å². The first-order valence-corrected chi connectivity index (χ1v) is 10.5. The zero-order valence-electron chi connectivity index (χ0n) is 17.8. The van der Waals surface area contributed by atoms with Crippen molar-refractivity contribution in [2.24, 2.45) is 5.84 Å². The van der Waals surface area contributed by atoms with Crippen molar-refractivity contribution in [1.29, 1.82) is 0 Å². The van der Waals surface area contributed by atoms with E-state index in [0.717, 1.165) is 13.8 Å². The van der Waals surface area contributed by atoms with Crippen LogP contribution in [0.15, 0.2) is 0 Å². The number of hydrogen-bond donors (Lipinski definition) is 2. The maximum absolute atomic E-state index is 11.7. The lowest BCUT2D eigenvalue weighted by Gasteiger charge is -2.44. The third-order valence-electron chi connectivity index (χ3n) is 3.94. The minimum atomic E-state index is -1.20. The van der Waals surface area contributed by atoms with E-state index in [9.17, 15) is 24.0 Å². The van der Waals surface area contributed by atoms with Gasteiger partial charge >= 0.3 is 23.9 Å². The zero-order valence-corrected chi connectivity index (χ0v) is 18.6. The molecule has 3 N–H and O–H groups in total. The lowest BCUT2D eigenvalue weighted by molar-refractivity contribution is -0.237. The summed E-state index contributed by atoms with van der Waals surface area (Å²) in [6.45, 7) is 4.38. The molecule has 5 atom stereocenters. The molecule has 1 rings (SSSR count). The van der Waals surface area contributed by atoms with Crippen molar-refractivity contribution in [2.45, 2.75) is 70.4 Å². The summed E-state index contributed by atoms with van der Waals surface area (Å²) in [7, 11) is 0. The monoisotopic (exact) mass is 464 g/mol. The average molecular weight is 464 g/mol. The molecular formula is C18H28N2O10S. The van der Waals surface area contributed by atoms with Gasteiger partial charge in [0.2, 0.25) is 5.91 Å². The number of ether oxygens (including phenoxy) is 5. The van der Waals surface area contributed by atoms with Crippen LogP contribution in [0.4, 0.5) is 0 Å². The highest BCUT2D eigenvalue weighted by molar-refractivity contribution is 7.99. The Labute approximate surface area is 183 Å². The molecule has 0 aromatic heterocycles. The summed E-state index contributed by atoms with van der Waals surface area (Å²) in [6.07, 6.45) is -3.91. The summed E-state index contributed by atoms with van der Waals surface area (Å²) in [5, 5.41) is 0. The number of nitrogens with one attached hydrogen (secondary N) is 1. The van der Waals surface area contributed by atoms with Crippen LogP contribution < -0.4 is 11.3 Å². The van der Waals surface area contributed by atoms with Crippen LogP contribution in [0.3, 0.4) is 0 Å². The number of amides is 1. The fourth-order valence-corrected chi connectivity index (χ4v) is 3.99. The van der Waals surface area contributed by atoms with Crippen molar-refractivity contribution in [3.8, 4) is 0 Å². The van der Waals surface area contributed by atoms with E-state index in [1.807, 2.05) is 5.43 Å². The Morgan fingerprint density at radius 2 is 1.42 bits per heavy atom. The maximum atomic E-state index is 11.7. The standard InChI is InChI=1S/C18H28N2O10S/c1-9(21)26-8-13-15(27-10(2)22)16(28-11(3)23)17(29-12(4)24)18(30-13)31-7-5-6-14(25)20-19/h13,15-18H,5-8,19H2,1-4H3,(H,20,25)/t13-,15-,16+,17-,18+/m1/s1. The molecular weight excluding hydrogens is 436 g/mol. The van der Waals surface area contributed by atoms with Gasteiger partial charge in [-0.05, 0) is 12.2 Å². The van der Waals surface area contributed by atoms with E-state index >= 15 is 0 Å². The van der Waals surface area contributed by atoms with E-state index in [1.165, 1.54) is 25.6 Å². The predicted octanol–water partition coefficient (Wildman–Crippen LogP) is -0.427. The van der Waals surface area contributed by atoms with Gasteiger partial charge in [0, 0.05) is 34.1 Å². The summed E-state index contributed by atoms with van der Waals surface area (Å²) >= 11 is 1.20. The summed E-state index contributed by atoms with van der Waals surface area (Å²) < 4.78 is 26.9. The minimum absolute atomic E-state index is 0.161. The molecule has 1 heterocycles. The molecule has 1 fully saturated rings. The molecule has 12 nitrogen and oxygen atoms in total. The Hall–Kier alpha value is -2.38. The Bertz CT molecular complexity index is 674. The Balaban J connectivity index is 3.14. The smallest absolute Gasteiger partial charge is 0.303 e. The van der Waals surface area contributed by atoms with Gasteiger partial charge in [-0.25, -0.2) is 5.84 Å². The van der Waals surface area contributed by atoms with Gasteiger partial charge in [0.25, 0.3) is 0 Å². The molecule has 1 aliphatic heterocycles. The average Bonchev–Trinajstić information content (AvgIpc) is 2.66. The van der Waals surface area contributed by atoms with Gasteiger partial charge in [-0.1, -0.05) is 0 Å². The van der Waals surface area contributed by atoms with E-state index in [4.69, 9.17) is 29.5 Å². The lowest BCUT2D eigenvalue weighted by Crippen LogP contribution is -2.61. The second kappa shape index (κ2) is 13.1. The van der Waals surface area contributed by atoms with Gasteiger partial charge in [0.15, 0.2) is 18.3 Å². The largest absolute Gasteiger partial charge is 0.463 e. The summed E-state index contributed by atoms with van der Waals surface area (Å²) in [4.78, 5) is 57.7. The van der Waals surface area contributed by atoms with E-state index in [0.29, 0.717) is 12.2 Å². The number of hydrogen-bond acceptors (Lipinski definition) is 12. The first-order chi connectivity index (χ1) is 14.5. The molecule has 0 unspecified atom stereocenters. The minimum Gasteiger partial charge on any atom is -0.463 e. The highest BCUT2D eigenvalue weighted by atomic mass is 32.2. The van der Waals surface area contributed by atoms with Gasteiger partial charge in [0.05, 0.1) is 0 Å². The molecule has 0 aliphatic carbocycles. The molecule has 1 aliphatic rings. The summed E-state index contributed by atoms with van der Waals surface area (Å²) in [6, 6.07) is 0. The van der Waals surface area contributed by atoms with Crippen molar-refractivity contribution in [3.63, 3.8) is 0 Å². The summed E-state index contributed by atoms with van der Waals surface area (Å²) in [5.41, 5.74) is 1.16. The normalized spacial score (nSPS) is 25.1. The number of carbonyl (C=O) groups is 5. The molecule has 0 aromatic rings. The highest BCUT2D eigenvalue weighted by Gasteiger charge is 2.52. The molecule has 31 heavy (non-hydrogen) atoms. The topological polar surface area (TPSA) is 170 Å². The van der Waals surface area contributed by atoms with Crippen LogP contribution >= 0.6 is 11.8 Å². The molecule has 176 valence electrons. The first kappa shape index (κ1) is 26.7. The summed E-state index contributed by atoms with van der Waals surface area (Å²) in [5.74, 6) is 2.46. The van der Waals surface area contributed by atoms with Crippen LogP contribution in [-0.2, 0) is 47.7 Å². The van der Waals surface area contributed by atoms with Crippen LogP contribution in [-0.4, -0.2) is 72.0 Å². The molecule has 1 saturated heterocycles. The quantitative estimate of drug-likeness (QED) is 0.107. The van der Waals surface area contributed by atoms with Gasteiger partial charge in [-0.2, -0.15) is 0 Å². The van der Waals surface area contributed by atoms with Crippen LogP contribution in [0.1, 0.15) is 40.5 Å². The lowest BCUT2D eigenvalue weighted by atomic mass is 9.99. The maximum Gasteiger partial charge on any atom is 0.303 e. The molecule has 0 aromatic carbocycles. The number of esters is 4. The fraction of sp³-hybridized carbons (Fsp3) is 0.722. The third kappa shape index (κ3) is 9.53. The fourth-order valence-electron chi connectivity index (χ4n) is 2.83. The Morgan fingerprint density at radius 1 is 0.871 bits per heavy atom. The number of carbonyl (C=O) groups excluding carboxylic acids is 5. The number of hydrazine groups is 1. The van der Waals surface area contributed by atoms with Crippen molar-refractivity contribution in [1.82, 2.24) is 5.43 Å². The Morgan fingerprint density at radius 3 is 1.94 bits per heavy atom. The number of nitrogens with two attached hydrogens (primary N) is 1. The number of thioether (sulfide) groups is 1. The SMILES string of the molecule is CC(=O)OC[C@H]1O[C@@H](SCCCC(=O)NN)[C@H](OC(C)=O)[C@@H](OC(C)=O)[C@@H]1OC(C)=O. The molecule has 0 spiro atoms. The van der Waals surface area contributed by atoms with Crippen molar-refractivity contribution < 1.29 is 47.7 Å². The van der Waals surface area contributed by atoms with Gasteiger partial charge in [-0.3, -0.25) is 29.4 Å². The zero-order chi connectivity index (χ0) is 23.6. The van der Waals surface area contributed by atoms with E-state index in [-0.39, 0.29) is 18.9 Å². The van der Waals surface area contributed by atoms with E-state index in [2.05, 4.69) is 0 Å². The van der Waals surface area contributed by atoms with Crippen LogP contribution in [0, 0.1) is 0 Å². The molecule has 0 radical (unpaired) electrons. The van der Waals surface area contributed by atoms with Crippen molar-refractivity contribution in [2.75, 3.05) is 12.4 Å². The second-order valence-corrected chi connectivity index (χ2v) is 7.82. The molecule has 0 bridgehead atoms. The first-order valence-electron chi connectivity index (χ1n) is 9.46. The van der Waals surface area contributed by atoms with Crippen molar-refractivity contribution in [3.05, 3.63) is 0 Å². The second-order valence-electron chi connectivity index (χ2n) is 6.61. The Kier molecular flexibility index (Phi) is 11.3. The third-order valence-corrected chi connectivity index (χ3v) is 5.17. The molecule has 13 heteroatoms. The van der Waals surface area contributed by atoms with Crippen LogP contribution in [0.5, 0.6) is 0 Å². The van der Waals surface area contributed by atoms with Gasteiger partial charge in [0.1, 0.15) is 18.1 Å². The van der Waals surface area contributed by atoms with E-state index < -0.39 is 53.7 Å². The van der Waals surface area contributed by atoms with Crippen LogP contribution in [0.25, 0.3) is 0 Å². The molecule has 0 saturated carbocycles. The van der Waals surface area contributed by atoms with E-state index in [1.54, 1.807) is 0 Å². The molecule has 1 amide bonds. The van der Waals surface area contributed by atoms with Crippen molar-refractivity contribution >= 4 is 41.5 Å².